The molecule has 2 aromatic rings. The topological polar surface area (TPSA) is 80.8 Å². The van der Waals surface area contributed by atoms with E-state index in [1.165, 1.54) is 0 Å². The standard InChI is InChI=1S/C22H27N3O4/c1-25(15-9-17-7-12-23-13-8-17)21(27)22(10-11-22)20(26)24-14-16-29-19-5-3-18(28-2)4-6-19/h3-8,12-13H,9-11,14-16H2,1-2H3,(H,24,26). The molecule has 1 aliphatic carbocycles. The van der Waals surface area contributed by atoms with E-state index >= 15 is 0 Å². The van der Waals surface area contributed by atoms with Crippen LogP contribution in [0.1, 0.15) is 18.4 Å². The van der Waals surface area contributed by atoms with E-state index in [1.54, 1.807) is 31.5 Å². The van der Waals surface area contributed by atoms with Gasteiger partial charge in [-0.15, -0.1) is 0 Å². The maximum atomic E-state index is 12.8. The zero-order valence-corrected chi connectivity index (χ0v) is 16.9. The van der Waals surface area contributed by atoms with E-state index < -0.39 is 5.41 Å². The summed E-state index contributed by atoms with van der Waals surface area (Å²) < 4.78 is 10.7. The Balaban J connectivity index is 1.42. The van der Waals surface area contributed by atoms with Crippen molar-refractivity contribution in [3.63, 3.8) is 0 Å². The average Bonchev–Trinajstić information content (AvgIpc) is 3.57. The van der Waals surface area contributed by atoms with Crippen LogP contribution < -0.4 is 14.8 Å². The molecule has 2 amide bonds. The van der Waals surface area contributed by atoms with Gasteiger partial charge in [0.05, 0.1) is 13.7 Å². The number of amides is 2. The van der Waals surface area contributed by atoms with Crippen LogP contribution in [0.2, 0.25) is 0 Å². The minimum Gasteiger partial charge on any atom is -0.497 e. The van der Waals surface area contributed by atoms with Gasteiger partial charge in [0.1, 0.15) is 23.5 Å². The van der Waals surface area contributed by atoms with Gasteiger partial charge in [0.15, 0.2) is 0 Å². The molecule has 1 aromatic carbocycles. The molecule has 0 spiro atoms. The van der Waals surface area contributed by atoms with Crippen molar-refractivity contribution in [3.8, 4) is 11.5 Å². The molecule has 0 saturated heterocycles. The number of rotatable bonds is 10. The van der Waals surface area contributed by atoms with Crippen LogP contribution in [-0.2, 0) is 16.0 Å². The van der Waals surface area contributed by atoms with Gasteiger partial charge >= 0.3 is 0 Å². The SMILES string of the molecule is COc1ccc(OCCNC(=O)C2(C(=O)N(C)CCc3ccncc3)CC2)cc1. The van der Waals surface area contributed by atoms with Crippen molar-refractivity contribution in [2.45, 2.75) is 19.3 Å². The minimum atomic E-state index is -0.910. The summed E-state index contributed by atoms with van der Waals surface area (Å²) in [6, 6.07) is 11.1. The van der Waals surface area contributed by atoms with Crippen LogP contribution >= 0.6 is 0 Å². The number of carbonyl (C=O) groups excluding carboxylic acids is 2. The lowest BCUT2D eigenvalue weighted by molar-refractivity contribution is -0.143. The fourth-order valence-corrected chi connectivity index (χ4v) is 3.15. The first kappa shape index (κ1) is 20.6. The lowest BCUT2D eigenvalue weighted by atomic mass is 10.0. The Morgan fingerprint density at radius 1 is 1.10 bits per heavy atom. The van der Waals surface area contributed by atoms with Crippen molar-refractivity contribution in [2.24, 2.45) is 5.41 Å². The molecule has 1 aliphatic rings. The molecular weight excluding hydrogens is 370 g/mol. The number of hydrogen-bond acceptors (Lipinski definition) is 5. The molecule has 29 heavy (non-hydrogen) atoms. The normalized spacial score (nSPS) is 14.0. The molecule has 0 aliphatic heterocycles. The Hall–Kier alpha value is -3.09. The Labute approximate surface area is 171 Å². The number of pyridine rings is 1. The Morgan fingerprint density at radius 3 is 2.38 bits per heavy atom. The molecule has 154 valence electrons. The van der Waals surface area contributed by atoms with Crippen LogP contribution in [-0.4, -0.2) is 55.6 Å². The lowest BCUT2D eigenvalue weighted by Crippen LogP contribution is -2.45. The molecule has 3 rings (SSSR count). The fourth-order valence-electron chi connectivity index (χ4n) is 3.15. The molecule has 0 atom stereocenters. The second-order valence-corrected chi connectivity index (χ2v) is 7.19. The van der Waals surface area contributed by atoms with Crippen molar-refractivity contribution in [1.29, 1.82) is 0 Å². The predicted molar refractivity (Wildman–Crippen MR) is 109 cm³/mol. The lowest BCUT2D eigenvalue weighted by Gasteiger charge is -2.23. The van der Waals surface area contributed by atoms with E-state index in [1.807, 2.05) is 36.4 Å². The first-order valence-electron chi connectivity index (χ1n) is 9.75. The molecule has 0 bridgehead atoms. The Morgan fingerprint density at radius 2 is 1.76 bits per heavy atom. The summed E-state index contributed by atoms with van der Waals surface area (Å²) in [6.07, 6.45) is 5.40. The van der Waals surface area contributed by atoms with Crippen LogP contribution in [0.25, 0.3) is 0 Å². The molecule has 7 nitrogen and oxygen atoms in total. The van der Waals surface area contributed by atoms with Crippen molar-refractivity contribution in [1.82, 2.24) is 15.2 Å². The van der Waals surface area contributed by atoms with Crippen LogP contribution in [0.4, 0.5) is 0 Å². The van der Waals surface area contributed by atoms with Gasteiger partial charge < -0.3 is 19.7 Å². The molecule has 1 heterocycles. The predicted octanol–water partition coefficient (Wildman–Crippen LogP) is 2.07. The van der Waals surface area contributed by atoms with E-state index in [4.69, 9.17) is 9.47 Å². The number of nitrogens with zero attached hydrogens (tertiary/aromatic N) is 2. The summed E-state index contributed by atoms with van der Waals surface area (Å²) in [5, 5.41) is 2.84. The fraction of sp³-hybridized carbons (Fsp3) is 0.409. The van der Waals surface area contributed by atoms with E-state index in [9.17, 15) is 9.59 Å². The van der Waals surface area contributed by atoms with Crippen molar-refractivity contribution in [2.75, 3.05) is 33.9 Å². The summed E-state index contributed by atoms with van der Waals surface area (Å²) in [5.74, 6) is 1.14. The monoisotopic (exact) mass is 397 g/mol. The van der Waals surface area contributed by atoms with Gasteiger partial charge in [-0.1, -0.05) is 0 Å². The van der Waals surface area contributed by atoms with Crippen molar-refractivity contribution < 1.29 is 19.1 Å². The number of methoxy groups -OCH3 is 1. The summed E-state index contributed by atoms with van der Waals surface area (Å²) in [6.45, 7) is 1.25. The number of carbonyl (C=O) groups is 2. The zero-order chi connectivity index (χ0) is 20.7. The smallest absolute Gasteiger partial charge is 0.238 e. The maximum Gasteiger partial charge on any atom is 0.238 e. The van der Waals surface area contributed by atoms with Gasteiger partial charge in [0.25, 0.3) is 0 Å². The third-order valence-corrected chi connectivity index (χ3v) is 5.14. The number of nitrogens with one attached hydrogen (secondary N) is 1. The number of hydrogen-bond donors (Lipinski definition) is 1. The molecule has 1 fully saturated rings. The van der Waals surface area contributed by atoms with Crippen molar-refractivity contribution in [3.05, 3.63) is 54.4 Å². The highest BCUT2D eigenvalue weighted by atomic mass is 16.5. The van der Waals surface area contributed by atoms with Crippen LogP contribution in [0.3, 0.4) is 0 Å². The minimum absolute atomic E-state index is 0.111. The molecule has 1 saturated carbocycles. The number of ether oxygens (including phenoxy) is 2. The van der Waals surface area contributed by atoms with Gasteiger partial charge in [-0.25, -0.2) is 0 Å². The zero-order valence-electron chi connectivity index (χ0n) is 16.9. The highest BCUT2D eigenvalue weighted by Crippen LogP contribution is 2.47. The van der Waals surface area contributed by atoms with Crippen molar-refractivity contribution >= 4 is 11.8 Å². The Kier molecular flexibility index (Phi) is 6.69. The second kappa shape index (κ2) is 9.41. The van der Waals surface area contributed by atoms with Crippen LogP contribution in [0, 0.1) is 5.41 Å². The highest BCUT2D eigenvalue weighted by molar-refractivity contribution is 6.07. The summed E-state index contributed by atoms with van der Waals surface area (Å²) in [5.41, 5.74) is 0.206. The van der Waals surface area contributed by atoms with Crippen LogP contribution in [0.5, 0.6) is 11.5 Å². The first-order valence-corrected chi connectivity index (χ1v) is 9.75. The van der Waals surface area contributed by atoms with E-state index in [0.29, 0.717) is 38.3 Å². The molecule has 1 aromatic heterocycles. The highest BCUT2D eigenvalue weighted by Gasteiger charge is 2.57. The molecule has 0 unspecified atom stereocenters. The third kappa shape index (κ3) is 5.25. The van der Waals surface area contributed by atoms with Crippen LogP contribution in [0.15, 0.2) is 48.8 Å². The quantitative estimate of drug-likeness (QED) is 0.490. The second-order valence-electron chi connectivity index (χ2n) is 7.19. The molecular formula is C22H27N3O4. The summed E-state index contributed by atoms with van der Waals surface area (Å²) in [4.78, 5) is 31.1. The summed E-state index contributed by atoms with van der Waals surface area (Å²) in [7, 11) is 3.36. The molecule has 1 N–H and O–H groups in total. The first-order chi connectivity index (χ1) is 14.0. The average molecular weight is 397 g/mol. The van der Waals surface area contributed by atoms with E-state index in [2.05, 4.69) is 10.3 Å². The van der Waals surface area contributed by atoms with E-state index in [-0.39, 0.29) is 11.8 Å². The Bertz CT molecular complexity index is 820. The van der Waals surface area contributed by atoms with Gasteiger partial charge in [0.2, 0.25) is 11.8 Å². The number of benzene rings is 1. The summed E-state index contributed by atoms with van der Waals surface area (Å²) >= 11 is 0. The number of likely N-dealkylation sites (N-methyl/N-ethyl adjacent to an activating group) is 1. The van der Waals surface area contributed by atoms with Gasteiger partial charge in [0, 0.05) is 26.0 Å². The van der Waals surface area contributed by atoms with Gasteiger partial charge in [-0.2, -0.15) is 0 Å². The van der Waals surface area contributed by atoms with Gasteiger partial charge in [-0.3, -0.25) is 14.6 Å². The molecule has 7 heteroatoms. The number of aromatic nitrogens is 1. The van der Waals surface area contributed by atoms with E-state index in [0.717, 1.165) is 17.7 Å². The third-order valence-electron chi connectivity index (χ3n) is 5.14. The van der Waals surface area contributed by atoms with Gasteiger partial charge in [-0.05, 0) is 61.2 Å². The molecule has 0 radical (unpaired) electrons. The largest absolute Gasteiger partial charge is 0.497 e. The maximum absolute atomic E-state index is 12.8.